The van der Waals surface area contributed by atoms with Crippen LogP contribution in [0.25, 0.3) is 16.7 Å². The van der Waals surface area contributed by atoms with Crippen LogP contribution >= 0.6 is 0 Å². The van der Waals surface area contributed by atoms with Gasteiger partial charge in [0.1, 0.15) is 11.5 Å². The predicted octanol–water partition coefficient (Wildman–Crippen LogP) is 1.78. The molecule has 11 nitrogen and oxygen atoms in total. The normalized spacial score (nSPS) is 16.3. The van der Waals surface area contributed by atoms with Crippen molar-refractivity contribution in [2.45, 2.75) is 38.3 Å². The Labute approximate surface area is 215 Å². The van der Waals surface area contributed by atoms with E-state index in [9.17, 15) is 4.79 Å². The van der Waals surface area contributed by atoms with Gasteiger partial charge >= 0.3 is 5.69 Å². The molecule has 4 heterocycles. The van der Waals surface area contributed by atoms with Gasteiger partial charge in [0.05, 0.1) is 12.2 Å². The first-order valence-corrected chi connectivity index (χ1v) is 12.8. The first-order chi connectivity index (χ1) is 18.0. The van der Waals surface area contributed by atoms with Gasteiger partial charge in [0, 0.05) is 55.2 Å². The molecule has 0 amide bonds. The molecule has 1 atom stereocenters. The maximum absolute atomic E-state index is 12.8. The van der Waals surface area contributed by atoms with E-state index in [0.29, 0.717) is 18.1 Å². The lowest BCUT2D eigenvalue weighted by Crippen LogP contribution is -2.34. The number of aromatic amines is 2. The third-order valence-corrected chi connectivity index (χ3v) is 6.79. The van der Waals surface area contributed by atoms with Crippen LogP contribution in [-0.2, 0) is 13.1 Å². The van der Waals surface area contributed by atoms with Crippen LogP contribution in [0.5, 0.6) is 0 Å². The van der Waals surface area contributed by atoms with E-state index in [1.54, 1.807) is 10.8 Å². The highest BCUT2D eigenvalue weighted by molar-refractivity contribution is 5.76. The molecule has 4 aromatic rings. The summed E-state index contributed by atoms with van der Waals surface area (Å²) in [5.74, 6) is 1.35. The van der Waals surface area contributed by atoms with E-state index in [0.717, 1.165) is 80.1 Å². The number of nitrogens with two attached hydrogens (primary N) is 1. The number of benzene rings is 1. The molecule has 37 heavy (non-hydrogen) atoms. The number of nitrogens with zero attached hydrogens (tertiary/aromatic N) is 4. The Morgan fingerprint density at radius 1 is 1.24 bits per heavy atom. The third kappa shape index (κ3) is 6.25. The second-order valence-electron chi connectivity index (χ2n) is 9.57. The fourth-order valence-electron chi connectivity index (χ4n) is 4.91. The fraction of sp³-hybridized carbons (Fsp3) is 0.385. The highest BCUT2D eigenvalue weighted by Crippen LogP contribution is 2.29. The standard InChI is InChI=1S/C26H34N10O/c27-25(28)32-9-2-8-29-14-18-4-6-21(7-5-18)36-16-20-13-22(33-24(20)34-26(36)37)19-3-1-12-35(15-19)17-23-30-10-11-31-23/h4-7,10-11,13,16,19,29H,1-3,8-9,12,14-15,17H2,(H,30,31)(H4,27,28,32)(H,33,34,37). The van der Waals surface area contributed by atoms with Gasteiger partial charge in [-0.15, -0.1) is 0 Å². The van der Waals surface area contributed by atoms with E-state index < -0.39 is 0 Å². The minimum absolute atomic E-state index is 0.00360. The molecule has 1 fully saturated rings. The minimum atomic E-state index is -0.298. The summed E-state index contributed by atoms with van der Waals surface area (Å²) in [4.78, 5) is 30.5. The summed E-state index contributed by atoms with van der Waals surface area (Å²) in [5.41, 5.74) is 8.67. The molecule has 0 spiro atoms. The molecular weight excluding hydrogens is 468 g/mol. The summed E-state index contributed by atoms with van der Waals surface area (Å²) >= 11 is 0. The van der Waals surface area contributed by atoms with Crippen molar-refractivity contribution in [3.05, 3.63) is 76.5 Å². The van der Waals surface area contributed by atoms with Crippen LogP contribution in [0.15, 0.2) is 53.7 Å². The second-order valence-corrected chi connectivity index (χ2v) is 9.57. The molecular formula is C26H34N10O. The predicted molar refractivity (Wildman–Crippen MR) is 144 cm³/mol. The van der Waals surface area contributed by atoms with Crippen LogP contribution in [0.2, 0.25) is 0 Å². The highest BCUT2D eigenvalue weighted by atomic mass is 16.1. The largest absolute Gasteiger partial charge is 0.370 e. The molecule has 1 unspecified atom stereocenters. The van der Waals surface area contributed by atoms with Crippen molar-refractivity contribution in [2.24, 2.45) is 5.73 Å². The van der Waals surface area contributed by atoms with E-state index in [2.05, 4.69) is 41.5 Å². The van der Waals surface area contributed by atoms with E-state index in [1.165, 1.54) is 0 Å². The van der Waals surface area contributed by atoms with Gasteiger partial charge in [-0.1, -0.05) is 12.1 Å². The van der Waals surface area contributed by atoms with Crippen LogP contribution in [0.1, 0.15) is 42.3 Å². The van der Waals surface area contributed by atoms with Crippen molar-refractivity contribution < 1.29 is 0 Å². The summed E-state index contributed by atoms with van der Waals surface area (Å²) in [7, 11) is 0. The van der Waals surface area contributed by atoms with Gasteiger partial charge in [-0.05, 0) is 56.1 Å². The number of rotatable bonds is 10. The van der Waals surface area contributed by atoms with Gasteiger partial charge in [0.25, 0.3) is 0 Å². The van der Waals surface area contributed by atoms with E-state index in [-0.39, 0.29) is 11.6 Å². The van der Waals surface area contributed by atoms with Crippen molar-refractivity contribution in [2.75, 3.05) is 26.2 Å². The Bertz CT molecular complexity index is 1370. The third-order valence-electron chi connectivity index (χ3n) is 6.79. The lowest BCUT2D eigenvalue weighted by atomic mass is 9.95. The molecule has 11 heteroatoms. The molecule has 0 aliphatic carbocycles. The van der Waals surface area contributed by atoms with Crippen molar-refractivity contribution in [3.63, 3.8) is 0 Å². The number of hydrogen-bond donors (Lipinski definition) is 6. The van der Waals surface area contributed by atoms with Crippen LogP contribution in [-0.4, -0.2) is 61.5 Å². The zero-order valence-corrected chi connectivity index (χ0v) is 20.8. The molecule has 5 rings (SSSR count). The molecule has 1 saturated heterocycles. The van der Waals surface area contributed by atoms with E-state index in [1.807, 2.05) is 36.7 Å². The molecule has 0 saturated carbocycles. The van der Waals surface area contributed by atoms with Gasteiger partial charge in [-0.2, -0.15) is 4.98 Å². The molecule has 194 valence electrons. The lowest BCUT2D eigenvalue weighted by molar-refractivity contribution is 0.195. The SMILES string of the molecule is N=C(N)NCCCNCc1ccc(-n2cc3cc(C4CCCN(Cc5ncc[nH]5)C4)[nH]c3nc2=O)cc1. The number of hydrogen-bond acceptors (Lipinski definition) is 6. The number of H-pyrrole nitrogens is 2. The number of nitrogens with one attached hydrogen (secondary N) is 5. The number of piperidine rings is 1. The van der Waals surface area contributed by atoms with Crippen LogP contribution < -0.4 is 22.1 Å². The van der Waals surface area contributed by atoms with Gasteiger partial charge in [-0.25, -0.2) is 9.78 Å². The monoisotopic (exact) mass is 502 g/mol. The van der Waals surface area contributed by atoms with Crippen molar-refractivity contribution >= 4 is 17.0 Å². The Morgan fingerprint density at radius 3 is 2.89 bits per heavy atom. The van der Waals surface area contributed by atoms with E-state index in [4.69, 9.17) is 11.1 Å². The Hall–Kier alpha value is -3.96. The number of fused-ring (bicyclic) bond motifs is 1. The van der Waals surface area contributed by atoms with Crippen LogP contribution in [0, 0.1) is 5.41 Å². The summed E-state index contributed by atoms with van der Waals surface area (Å²) in [6.07, 6.45) is 8.63. The number of likely N-dealkylation sites (tertiary alicyclic amines) is 1. The smallest absolute Gasteiger partial charge is 0.354 e. The van der Waals surface area contributed by atoms with Gasteiger partial charge < -0.3 is 26.3 Å². The molecule has 1 aromatic carbocycles. The van der Waals surface area contributed by atoms with Gasteiger partial charge in [0.2, 0.25) is 0 Å². The summed E-state index contributed by atoms with van der Waals surface area (Å²) in [5, 5.41) is 14.3. The zero-order chi connectivity index (χ0) is 25.6. The van der Waals surface area contributed by atoms with Gasteiger partial charge in [-0.3, -0.25) is 14.9 Å². The average molecular weight is 503 g/mol. The molecule has 0 radical (unpaired) electrons. The quantitative estimate of drug-likeness (QED) is 0.110. The minimum Gasteiger partial charge on any atom is -0.370 e. The molecule has 0 bridgehead atoms. The van der Waals surface area contributed by atoms with E-state index >= 15 is 0 Å². The Balaban J connectivity index is 1.23. The number of imidazole rings is 1. The first kappa shape index (κ1) is 24.7. The number of guanidine groups is 1. The topological polar surface area (TPSA) is 157 Å². The molecule has 1 aliphatic rings. The first-order valence-electron chi connectivity index (χ1n) is 12.8. The van der Waals surface area contributed by atoms with Crippen molar-refractivity contribution in [3.8, 4) is 5.69 Å². The molecule has 3 aromatic heterocycles. The lowest BCUT2D eigenvalue weighted by Gasteiger charge is -2.31. The fourth-order valence-corrected chi connectivity index (χ4v) is 4.91. The summed E-state index contributed by atoms with van der Waals surface area (Å²) in [6, 6.07) is 10.1. The van der Waals surface area contributed by atoms with Crippen LogP contribution in [0.4, 0.5) is 0 Å². The second kappa shape index (κ2) is 11.4. The van der Waals surface area contributed by atoms with Crippen molar-refractivity contribution in [1.29, 1.82) is 5.41 Å². The molecule has 7 N–H and O–H groups in total. The maximum atomic E-state index is 12.8. The molecule has 1 aliphatic heterocycles. The van der Waals surface area contributed by atoms with Crippen LogP contribution in [0.3, 0.4) is 0 Å². The zero-order valence-electron chi connectivity index (χ0n) is 20.8. The highest BCUT2D eigenvalue weighted by Gasteiger charge is 2.23. The Kier molecular flexibility index (Phi) is 7.62. The summed E-state index contributed by atoms with van der Waals surface area (Å²) < 4.78 is 1.61. The Morgan fingerprint density at radius 2 is 2.11 bits per heavy atom. The average Bonchev–Trinajstić information content (AvgIpc) is 3.56. The van der Waals surface area contributed by atoms with Gasteiger partial charge in [0.15, 0.2) is 5.96 Å². The maximum Gasteiger partial charge on any atom is 0.354 e. The van der Waals surface area contributed by atoms with Crippen molar-refractivity contribution in [1.82, 2.24) is 40.0 Å². The number of aromatic nitrogens is 5. The summed E-state index contributed by atoms with van der Waals surface area (Å²) in [6.45, 7) is 5.04.